The molecule has 1 atom stereocenters. The first-order chi connectivity index (χ1) is 9.54. The molecule has 1 unspecified atom stereocenters. The van der Waals surface area contributed by atoms with E-state index < -0.39 is 6.10 Å². The Labute approximate surface area is 121 Å². The number of carbonyl (C=O) groups excluding carboxylic acids is 1. The molecule has 0 aliphatic rings. The first-order valence-electron chi connectivity index (χ1n) is 7.27. The van der Waals surface area contributed by atoms with Crippen molar-refractivity contribution in [3.63, 3.8) is 0 Å². The van der Waals surface area contributed by atoms with Crippen LogP contribution in [0.15, 0.2) is 24.3 Å². The average Bonchev–Trinajstić information content (AvgIpc) is 2.40. The maximum Gasteiger partial charge on any atom is 0.260 e. The average molecular weight is 278 g/mol. The second-order valence-electron chi connectivity index (χ2n) is 5.38. The first-order valence-corrected chi connectivity index (χ1v) is 7.27. The molecule has 3 N–H and O–H groups in total. The van der Waals surface area contributed by atoms with Crippen LogP contribution in [0.1, 0.15) is 32.8 Å². The molecule has 1 aromatic rings. The molecule has 4 heteroatoms. The van der Waals surface area contributed by atoms with Crippen molar-refractivity contribution in [2.24, 2.45) is 11.7 Å². The number of nitrogens with two attached hydrogens (primary N) is 1. The standard InChI is InChI=1S/C16H26N2O2/c1-12(2)9-11-18-16(19)13(3)20-15-7-5-4-6-14(15)8-10-17/h4-7,12-13H,8-11,17H2,1-3H3,(H,18,19). The van der Waals surface area contributed by atoms with Gasteiger partial charge in [-0.05, 0) is 43.9 Å². The Balaban J connectivity index is 2.52. The highest BCUT2D eigenvalue weighted by Crippen LogP contribution is 2.19. The van der Waals surface area contributed by atoms with Crippen molar-refractivity contribution in [3.8, 4) is 5.75 Å². The number of rotatable bonds is 8. The van der Waals surface area contributed by atoms with Crippen LogP contribution in [0.3, 0.4) is 0 Å². The molecule has 0 spiro atoms. The van der Waals surface area contributed by atoms with Gasteiger partial charge in [-0.25, -0.2) is 0 Å². The minimum atomic E-state index is -0.499. The van der Waals surface area contributed by atoms with Crippen molar-refractivity contribution in [2.45, 2.75) is 39.7 Å². The van der Waals surface area contributed by atoms with Gasteiger partial charge in [-0.1, -0.05) is 32.0 Å². The summed E-state index contributed by atoms with van der Waals surface area (Å²) in [5.41, 5.74) is 6.62. The lowest BCUT2D eigenvalue weighted by molar-refractivity contribution is -0.127. The van der Waals surface area contributed by atoms with Crippen molar-refractivity contribution < 1.29 is 9.53 Å². The van der Waals surface area contributed by atoms with Gasteiger partial charge in [0.25, 0.3) is 5.91 Å². The fourth-order valence-corrected chi connectivity index (χ4v) is 1.85. The zero-order chi connectivity index (χ0) is 15.0. The quantitative estimate of drug-likeness (QED) is 0.765. The number of amides is 1. The molecule has 1 rings (SSSR count). The lowest BCUT2D eigenvalue weighted by Crippen LogP contribution is -2.37. The molecule has 0 saturated heterocycles. The van der Waals surface area contributed by atoms with Gasteiger partial charge >= 0.3 is 0 Å². The third-order valence-corrected chi connectivity index (χ3v) is 3.08. The number of nitrogens with one attached hydrogen (secondary N) is 1. The van der Waals surface area contributed by atoms with Crippen LogP contribution in [0.5, 0.6) is 5.75 Å². The zero-order valence-corrected chi connectivity index (χ0v) is 12.7. The summed E-state index contributed by atoms with van der Waals surface area (Å²) in [6, 6.07) is 7.71. The SMILES string of the molecule is CC(C)CCNC(=O)C(C)Oc1ccccc1CCN. The van der Waals surface area contributed by atoms with E-state index in [2.05, 4.69) is 19.2 Å². The van der Waals surface area contributed by atoms with Gasteiger partial charge in [0.05, 0.1) is 0 Å². The monoisotopic (exact) mass is 278 g/mol. The molecular formula is C16H26N2O2. The predicted molar refractivity (Wildman–Crippen MR) is 81.8 cm³/mol. The largest absolute Gasteiger partial charge is 0.481 e. The van der Waals surface area contributed by atoms with Crippen LogP contribution < -0.4 is 15.8 Å². The van der Waals surface area contributed by atoms with E-state index in [1.807, 2.05) is 24.3 Å². The molecule has 20 heavy (non-hydrogen) atoms. The van der Waals surface area contributed by atoms with Crippen LogP contribution in [0.4, 0.5) is 0 Å². The fourth-order valence-electron chi connectivity index (χ4n) is 1.85. The van der Waals surface area contributed by atoms with E-state index in [1.165, 1.54) is 0 Å². The molecule has 0 bridgehead atoms. The smallest absolute Gasteiger partial charge is 0.260 e. The molecule has 1 aromatic carbocycles. The van der Waals surface area contributed by atoms with Crippen molar-refractivity contribution in [3.05, 3.63) is 29.8 Å². The lowest BCUT2D eigenvalue weighted by atomic mass is 10.1. The first kappa shape index (κ1) is 16.5. The summed E-state index contributed by atoms with van der Waals surface area (Å²) < 4.78 is 5.75. The number of para-hydroxylation sites is 1. The van der Waals surface area contributed by atoms with E-state index in [9.17, 15) is 4.79 Å². The number of benzene rings is 1. The summed E-state index contributed by atoms with van der Waals surface area (Å²) in [5.74, 6) is 1.24. The third kappa shape index (κ3) is 5.61. The van der Waals surface area contributed by atoms with Gasteiger partial charge in [-0.3, -0.25) is 4.79 Å². The topological polar surface area (TPSA) is 64.3 Å². The van der Waals surface area contributed by atoms with Crippen molar-refractivity contribution in [1.82, 2.24) is 5.32 Å². The van der Waals surface area contributed by atoms with Crippen molar-refractivity contribution in [1.29, 1.82) is 0 Å². The van der Waals surface area contributed by atoms with Gasteiger partial charge in [-0.2, -0.15) is 0 Å². The van der Waals surface area contributed by atoms with Gasteiger partial charge in [0.2, 0.25) is 0 Å². The van der Waals surface area contributed by atoms with Crippen LogP contribution >= 0.6 is 0 Å². The fraction of sp³-hybridized carbons (Fsp3) is 0.562. The Hall–Kier alpha value is -1.55. The highest BCUT2D eigenvalue weighted by atomic mass is 16.5. The molecule has 0 saturated carbocycles. The molecule has 4 nitrogen and oxygen atoms in total. The van der Waals surface area contributed by atoms with Crippen molar-refractivity contribution >= 4 is 5.91 Å². The molecule has 1 amide bonds. The van der Waals surface area contributed by atoms with Gasteiger partial charge in [0, 0.05) is 6.54 Å². The van der Waals surface area contributed by atoms with Gasteiger partial charge in [0.1, 0.15) is 5.75 Å². The van der Waals surface area contributed by atoms with Crippen LogP contribution in [-0.4, -0.2) is 25.1 Å². The Bertz CT molecular complexity index is 419. The highest BCUT2D eigenvalue weighted by molar-refractivity contribution is 5.80. The van der Waals surface area contributed by atoms with Crippen LogP contribution in [-0.2, 0) is 11.2 Å². The molecule has 0 aliphatic carbocycles. The van der Waals surface area contributed by atoms with Gasteiger partial charge < -0.3 is 15.8 Å². The van der Waals surface area contributed by atoms with Crippen LogP contribution in [0.2, 0.25) is 0 Å². The number of hydrogen-bond donors (Lipinski definition) is 2. The number of ether oxygens (including phenoxy) is 1. The Morgan fingerprint density at radius 2 is 2.00 bits per heavy atom. The second-order valence-corrected chi connectivity index (χ2v) is 5.38. The number of hydrogen-bond acceptors (Lipinski definition) is 3. The molecule has 0 radical (unpaired) electrons. The second kappa shape index (κ2) is 8.59. The molecule has 0 heterocycles. The van der Waals surface area contributed by atoms with Crippen molar-refractivity contribution in [2.75, 3.05) is 13.1 Å². The van der Waals surface area contributed by atoms with E-state index in [0.29, 0.717) is 19.0 Å². The zero-order valence-electron chi connectivity index (χ0n) is 12.7. The summed E-state index contributed by atoms with van der Waals surface area (Å²) in [7, 11) is 0. The Morgan fingerprint density at radius 3 is 2.65 bits per heavy atom. The highest BCUT2D eigenvalue weighted by Gasteiger charge is 2.15. The lowest BCUT2D eigenvalue weighted by Gasteiger charge is -2.17. The van der Waals surface area contributed by atoms with Gasteiger partial charge in [-0.15, -0.1) is 0 Å². The Kier molecular flexibility index (Phi) is 7.09. The summed E-state index contributed by atoms with van der Waals surface area (Å²) >= 11 is 0. The third-order valence-electron chi connectivity index (χ3n) is 3.08. The maximum atomic E-state index is 11.9. The van der Waals surface area contributed by atoms with Gasteiger partial charge in [0.15, 0.2) is 6.10 Å². The molecule has 112 valence electrons. The minimum Gasteiger partial charge on any atom is -0.481 e. The Morgan fingerprint density at radius 1 is 1.30 bits per heavy atom. The summed E-state index contributed by atoms with van der Waals surface area (Å²) in [5, 5.41) is 2.90. The van der Waals surface area contributed by atoms with E-state index in [4.69, 9.17) is 10.5 Å². The summed E-state index contributed by atoms with van der Waals surface area (Å²) in [4.78, 5) is 11.9. The predicted octanol–water partition coefficient (Wildman–Crippen LogP) is 2.12. The normalized spacial score (nSPS) is 12.2. The van der Waals surface area contributed by atoms with E-state index in [0.717, 1.165) is 24.2 Å². The van der Waals surface area contributed by atoms with E-state index >= 15 is 0 Å². The van der Waals surface area contributed by atoms with E-state index in [-0.39, 0.29) is 5.91 Å². The molecule has 0 aromatic heterocycles. The van der Waals surface area contributed by atoms with Crippen LogP contribution in [0.25, 0.3) is 0 Å². The maximum absolute atomic E-state index is 11.9. The number of carbonyl (C=O) groups is 1. The van der Waals surface area contributed by atoms with Crippen LogP contribution in [0, 0.1) is 5.92 Å². The molecule has 0 fully saturated rings. The molecule has 0 aliphatic heterocycles. The summed E-state index contributed by atoms with van der Waals surface area (Å²) in [6.07, 6.45) is 1.22. The minimum absolute atomic E-state index is 0.0757. The molecular weight excluding hydrogens is 252 g/mol. The summed E-state index contributed by atoms with van der Waals surface area (Å²) in [6.45, 7) is 7.29. The van der Waals surface area contributed by atoms with E-state index in [1.54, 1.807) is 6.92 Å².